The number of benzene rings is 1. The van der Waals surface area contributed by atoms with Gasteiger partial charge in [-0.3, -0.25) is 9.59 Å². The summed E-state index contributed by atoms with van der Waals surface area (Å²) >= 11 is 1.56. The molecule has 0 bridgehead atoms. The van der Waals surface area contributed by atoms with Crippen LogP contribution < -0.4 is 20.3 Å². The van der Waals surface area contributed by atoms with Gasteiger partial charge in [0.1, 0.15) is 18.0 Å². The molecule has 1 aliphatic carbocycles. The minimum atomic E-state index is -0.382. The number of carbonyl (C=O) groups is 1. The van der Waals surface area contributed by atoms with Gasteiger partial charge in [0.05, 0.1) is 19.6 Å². The van der Waals surface area contributed by atoms with Crippen molar-refractivity contribution in [3.05, 3.63) is 39.0 Å². The fraction of sp³-hybridized carbons (Fsp3) is 0.478. The predicted molar refractivity (Wildman–Crippen MR) is 125 cm³/mol. The molecule has 0 aliphatic heterocycles. The zero-order valence-corrected chi connectivity index (χ0v) is 19.8. The lowest BCUT2D eigenvalue weighted by molar-refractivity contribution is -0.117. The monoisotopic (exact) mass is 456 g/mol. The number of hydrogen-bond donors (Lipinski definition) is 1. The van der Waals surface area contributed by atoms with Crippen LogP contribution in [0.4, 0.5) is 5.69 Å². The number of anilines is 1. The van der Waals surface area contributed by atoms with Crippen LogP contribution in [0.15, 0.2) is 23.0 Å². The van der Waals surface area contributed by atoms with Crippen LogP contribution in [-0.4, -0.2) is 35.1 Å². The molecular weight excluding hydrogens is 428 g/mol. The topological polar surface area (TPSA) is 95.3 Å². The molecule has 2 aromatic heterocycles. The molecule has 0 saturated carbocycles. The van der Waals surface area contributed by atoms with Crippen LogP contribution in [-0.2, 0) is 24.2 Å². The molecule has 1 amide bonds. The first kappa shape index (κ1) is 22.3. The van der Waals surface area contributed by atoms with Gasteiger partial charge in [0.2, 0.25) is 5.91 Å². The van der Waals surface area contributed by atoms with E-state index < -0.39 is 0 Å². The molecule has 170 valence electrons. The van der Waals surface area contributed by atoms with E-state index in [4.69, 9.17) is 9.47 Å². The van der Waals surface area contributed by atoms with Crippen LogP contribution >= 0.6 is 11.3 Å². The smallest absolute Gasteiger partial charge is 0.279 e. The molecule has 2 heterocycles. The van der Waals surface area contributed by atoms with Gasteiger partial charge in [-0.1, -0.05) is 26.0 Å². The quantitative estimate of drug-likeness (QED) is 0.630. The van der Waals surface area contributed by atoms with Gasteiger partial charge in [-0.15, -0.1) is 16.4 Å². The lowest BCUT2D eigenvalue weighted by Gasteiger charge is -2.33. The van der Waals surface area contributed by atoms with E-state index in [9.17, 15) is 9.59 Å². The summed E-state index contributed by atoms with van der Waals surface area (Å²) in [7, 11) is 3.08. The Morgan fingerprint density at radius 2 is 1.91 bits per heavy atom. The molecule has 9 heteroatoms. The fourth-order valence-corrected chi connectivity index (χ4v) is 5.42. The molecule has 32 heavy (non-hydrogen) atoms. The molecule has 1 N–H and O–H groups in total. The van der Waals surface area contributed by atoms with E-state index in [0.717, 1.165) is 29.5 Å². The number of fused-ring (bicyclic) bond motifs is 3. The molecule has 0 spiro atoms. The van der Waals surface area contributed by atoms with Gasteiger partial charge < -0.3 is 14.8 Å². The molecule has 0 unspecified atom stereocenters. The molecule has 3 aromatic rings. The highest BCUT2D eigenvalue weighted by atomic mass is 32.1. The molecule has 1 aliphatic rings. The summed E-state index contributed by atoms with van der Waals surface area (Å²) in [4.78, 5) is 27.7. The van der Waals surface area contributed by atoms with Crippen molar-refractivity contribution in [2.24, 2.45) is 11.3 Å². The van der Waals surface area contributed by atoms with Crippen LogP contribution in [0.2, 0.25) is 0 Å². The summed E-state index contributed by atoms with van der Waals surface area (Å²) in [6.45, 7) is 6.56. The largest absolute Gasteiger partial charge is 0.497 e. The van der Waals surface area contributed by atoms with Crippen molar-refractivity contribution in [1.82, 2.24) is 15.0 Å². The summed E-state index contributed by atoms with van der Waals surface area (Å²) in [6.07, 6.45) is 2.85. The lowest BCUT2D eigenvalue weighted by Crippen LogP contribution is -2.31. The number of methoxy groups -OCH3 is 2. The maximum atomic E-state index is 13.2. The average molecular weight is 457 g/mol. The van der Waals surface area contributed by atoms with Crippen molar-refractivity contribution in [3.8, 4) is 11.5 Å². The van der Waals surface area contributed by atoms with Crippen molar-refractivity contribution in [3.63, 3.8) is 0 Å². The van der Waals surface area contributed by atoms with E-state index >= 15 is 0 Å². The number of ether oxygens (including phenoxy) is 2. The van der Waals surface area contributed by atoms with E-state index in [-0.39, 0.29) is 23.4 Å². The van der Waals surface area contributed by atoms with Crippen LogP contribution in [0.1, 0.15) is 37.6 Å². The summed E-state index contributed by atoms with van der Waals surface area (Å²) in [5.74, 6) is 1.30. The van der Waals surface area contributed by atoms with Gasteiger partial charge in [-0.05, 0) is 36.2 Å². The number of aromatic nitrogens is 3. The second kappa shape index (κ2) is 8.54. The highest BCUT2D eigenvalue weighted by Crippen LogP contribution is 2.41. The summed E-state index contributed by atoms with van der Waals surface area (Å²) in [5.41, 5.74) is 1.55. The number of nitrogens with one attached hydrogen (secondary N) is 1. The van der Waals surface area contributed by atoms with Gasteiger partial charge in [-0.2, -0.15) is 0 Å². The van der Waals surface area contributed by atoms with Crippen molar-refractivity contribution in [2.45, 2.75) is 46.6 Å². The van der Waals surface area contributed by atoms with Gasteiger partial charge in [0.15, 0.2) is 4.83 Å². The SMILES string of the molecule is COc1cc(NC(=O)Cn2nnc3sc4c(c3c2=O)CC[C@H](C(C)(C)C)C4)cc(OC)c1. The molecule has 1 atom stereocenters. The van der Waals surface area contributed by atoms with Crippen molar-refractivity contribution in [2.75, 3.05) is 19.5 Å². The third kappa shape index (κ3) is 4.34. The van der Waals surface area contributed by atoms with Gasteiger partial charge in [0.25, 0.3) is 5.56 Å². The van der Waals surface area contributed by atoms with E-state index in [1.54, 1.807) is 29.5 Å². The zero-order valence-electron chi connectivity index (χ0n) is 19.0. The van der Waals surface area contributed by atoms with Crippen molar-refractivity contribution < 1.29 is 14.3 Å². The second-order valence-electron chi connectivity index (χ2n) is 9.19. The van der Waals surface area contributed by atoms with E-state index in [1.165, 1.54) is 19.1 Å². The number of nitrogens with zero attached hydrogens (tertiary/aromatic N) is 3. The lowest BCUT2D eigenvalue weighted by atomic mass is 9.72. The molecular formula is C23H28N4O4S. The number of carbonyl (C=O) groups excluding carboxylic acids is 1. The molecule has 0 radical (unpaired) electrons. The third-order valence-corrected chi connectivity index (χ3v) is 7.23. The Kier molecular flexibility index (Phi) is 5.94. The maximum absolute atomic E-state index is 13.2. The number of amides is 1. The van der Waals surface area contributed by atoms with Gasteiger partial charge in [0, 0.05) is 28.8 Å². The number of rotatable bonds is 5. The molecule has 4 rings (SSSR count). The summed E-state index contributed by atoms with van der Waals surface area (Å²) in [5, 5.41) is 11.7. The molecule has 8 nitrogen and oxygen atoms in total. The first-order valence-electron chi connectivity index (χ1n) is 10.6. The van der Waals surface area contributed by atoms with Gasteiger partial charge >= 0.3 is 0 Å². The first-order valence-corrected chi connectivity index (χ1v) is 11.4. The Bertz CT molecular complexity index is 1200. The normalized spacial score (nSPS) is 16.0. The maximum Gasteiger partial charge on any atom is 0.279 e. The highest BCUT2D eigenvalue weighted by Gasteiger charge is 2.32. The predicted octanol–water partition coefficient (Wildman–Crippen LogP) is 3.66. The van der Waals surface area contributed by atoms with Crippen LogP contribution in [0, 0.1) is 11.3 Å². The first-order chi connectivity index (χ1) is 15.2. The standard InChI is InChI=1S/C23H28N4O4S/c1-23(2,3)13-6-7-17-18(8-13)32-21-20(17)22(29)27(26-25-21)12-19(28)24-14-9-15(30-4)11-16(10-14)31-5/h9-11,13H,6-8,12H2,1-5H3,(H,24,28)/t13-/m0/s1. The number of hydrogen-bond acceptors (Lipinski definition) is 7. The fourth-order valence-electron chi connectivity index (χ4n) is 4.19. The van der Waals surface area contributed by atoms with E-state index in [2.05, 4.69) is 36.4 Å². The molecule has 0 saturated heterocycles. The number of aryl methyl sites for hydroxylation is 1. The number of thiophene rings is 1. The summed E-state index contributed by atoms with van der Waals surface area (Å²) < 4.78 is 11.6. The molecule has 0 fully saturated rings. The third-order valence-electron chi connectivity index (χ3n) is 6.09. The summed E-state index contributed by atoms with van der Waals surface area (Å²) in [6, 6.07) is 5.07. The van der Waals surface area contributed by atoms with E-state index in [0.29, 0.717) is 33.3 Å². The second-order valence-corrected chi connectivity index (χ2v) is 10.3. The van der Waals surface area contributed by atoms with Gasteiger partial charge in [-0.25, -0.2) is 4.68 Å². The van der Waals surface area contributed by atoms with Crippen LogP contribution in [0.3, 0.4) is 0 Å². The highest BCUT2D eigenvalue weighted by molar-refractivity contribution is 7.18. The Morgan fingerprint density at radius 1 is 1.22 bits per heavy atom. The Balaban J connectivity index is 1.58. The Morgan fingerprint density at radius 3 is 2.53 bits per heavy atom. The Labute approximate surface area is 190 Å². The van der Waals surface area contributed by atoms with Crippen molar-refractivity contribution in [1.29, 1.82) is 0 Å². The van der Waals surface area contributed by atoms with E-state index in [1.807, 2.05) is 0 Å². The Hall–Kier alpha value is -2.94. The minimum absolute atomic E-state index is 0.223. The van der Waals surface area contributed by atoms with Crippen LogP contribution in [0.5, 0.6) is 11.5 Å². The average Bonchev–Trinajstić information content (AvgIpc) is 3.13. The van der Waals surface area contributed by atoms with Crippen LogP contribution in [0.25, 0.3) is 10.2 Å². The minimum Gasteiger partial charge on any atom is -0.497 e. The zero-order chi connectivity index (χ0) is 23.0. The van der Waals surface area contributed by atoms with Crippen molar-refractivity contribution >= 4 is 33.1 Å². The molecule has 1 aromatic carbocycles.